The molecular formula is C20H22N4O2. The molecule has 6 nitrogen and oxygen atoms in total. The number of benzene rings is 2. The summed E-state index contributed by atoms with van der Waals surface area (Å²) in [5.74, 6) is 2.84. The van der Waals surface area contributed by atoms with E-state index in [9.17, 15) is 0 Å². The van der Waals surface area contributed by atoms with Crippen LogP contribution in [0.5, 0.6) is 11.5 Å². The van der Waals surface area contributed by atoms with Crippen molar-refractivity contribution < 1.29 is 9.47 Å². The summed E-state index contributed by atoms with van der Waals surface area (Å²) in [4.78, 5) is 11.8. The second-order valence-corrected chi connectivity index (χ2v) is 6.28. The fraction of sp³-hybridized carbons (Fsp3) is 0.300. The zero-order valence-corrected chi connectivity index (χ0v) is 15.0. The minimum absolute atomic E-state index is 0.661. The molecule has 0 radical (unpaired) electrons. The number of aromatic nitrogens is 2. The highest BCUT2D eigenvalue weighted by atomic mass is 16.5. The van der Waals surface area contributed by atoms with E-state index in [0.29, 0.717) is 11.5 Å². The predicted octanol–water partition coefficient (Wildman–Crippen LogP) is 3.99. The van der Waals surface area contributed by atoms with Gasteiger partial charge in [0.15, 0.2) is 11.5 Å². The average molecular weight is 350 g/mol. The molecule has 1 aliphatic heterocycles. The number of fused-ring (bicyclic) bond motifs is 1. The van der Waals surface area contributed by atoms with Crippen LogP contribution in [0.2, 0.25) is 0 Å². The molecule has 6 heteroatoms. The lowest BCUT2D eigenvalue weighted by atomic mass is 10.2. The van der Waals surface area contributed by atoms with E-state index in [1.807, 2.05) is 42.5 Å². The van der Waals surface area contributed by atoms with Crippen LogP contribution in [0.4, 0.5) is 17.5 Å². The van der Waals surface area contributed by atoms with Gasteiger partial charge in [0.1, 0.15) is 5.82 Å². The van der Waals surface area contributed by atoms with Crippen LogP contribution < -0.4 is 19.7 Å². The molecule has 0 saturated carbocycles. The highest BCUT2D eigenvalue weighted by Crippen LogP contribution is 2.36. The highest BCUT2D eigenvalue weighted by molar-refractivity contribution is 5.94. The van der Waals surface area contributed by atoms with Gasteiger partial charge in [-0.3, -0.25) is 0 Å². The Bertz CT molecular complexity index is 909. The fourth-order valence-corrected chi connectivity index (χ4v) is 3.26. The molecular weight excluding hydrogens is 328 g/mol. The van der Waals surface area contributed by atoms with Crippen LogP contribution in [0, 0.1) is 0 Å². The number of rotatable bonds is 5. The molecule has 1 aliphatic rings. The molecule has 4 rings (SSSR count). The molecule has 2 aromatic carbocycles. The fourth-order valence-electron chi connectivity index (χ4n) is 3.26. The van der Waals surface area contributed by atoms with Gasteiger partial charge in [-0.05, 0) is 31.0 Å². The van der Waals surface area contributed by atoms with Crippen LogP contribution in [0.1, 0.15) is 12.8 Å². The van der Waals surface area contributed by atoms with Crippen molar-refractivity contribution in [3.63, 3.8) is 0 Å². The first-order valence-electron chi connectivity index (χ1n) is 8.79. The van der Waals surface area contributed by atoms with Gasteiger partial charge in [-0.2, -0.15) is 4.98 Å². The van der Waals surface area contributed by atoms with E-state index in [1.54, 1.807) is 14.2 Å². The van der Waals surface area contributed by atoms with E-state index in [4.69, 9.17) is 19.4 Å². The Balaban J connectivity index is 1.87. The number of ether oxygens (including phenoxy) is 2. The zero-order chi connectivity index (χ0) is 17.9. The van der Waals surface area contributed by atoms with E-state index in [1.165, 1.54) is 12.8 Å². The summed E-state index contributed by atoms with van der Waals surface area (Å²) in [5, 5.41) is 4.32. The Morgan fingerprint density at radius 2 is 1.62 bits per heavy atom. The number of nitrogens with one attached hydrogen (secondary N) is 1. The van der Waals surface area contributed by atoms with Crippen molar-refractivity contribution in [1.82, 2.24) is 9.97 Å². The van der Waals surface area contributed by atoms with Gasteiger partial charge in [0.25, 0.3) is 0 Å². The van der Waals surface area contributed by atoms with Gasteiger partial charge < -0.3 is 19.7 Å². The maximum absolute atomic E-state index is 5.46. The molecule has 26 heavy (non-hydrogen) atoms. The van der Waals surface area contributed by atoms with E-state index in [-0.39, 0.29) is 0 Å². The van der Waals surface area contributed by atoms with Crippen molar-refractivity contribution in [1.29, 1.82) is 0 Å². The molecule has 0 aliphatic carbocycles. The summed E-state index contributed by atoms with van der Waals surface area (Å²) < 4.78 is 10.9. The Kier molecular flexibility index (Phi) is 4.48. The Morgan fingerprint density at radius 3 is 2.31 bits per heavy atom. The van der Waals surface area contributed by atoms with Gasteiger partial charge in [-0.15, -0.1) is 0 Å². The van der Waals surface area contributed by atoms with Crippen LogP contribution >= 0.6 is 0 Å². The molecule has 3 aromatic rings. The van der Waals surface area contributed by atoms with E-state index >= 15 is 0 Å². The van der Waals surface area contributed by atoms with E-state index in [0.717, 1.165) is 41.4 Å². The zero-order valence-electron chi connectivity index (χ0n) is 15.0. The SMILES string of the molecule is COc1cc2nc(N3CCCC3)nc(Nc3ccccc3)c2cc1OC. The number of hydrogen-bond acceptors (Lipinski definition) is 6. The van der Waals surface area contributed by atoms with Gasteiger partial charge in [0.2, 0.25) is 5.95 Å². The maximum atomic E-state index is 5.46. The van der Waals surface area contributed by atoms with Gasteiger partial charge in [-0.1, -0.05) is 18.2 Å². The molecule has 134 valence electrons. The molecule has 1 aromatic heterocycles. The number of para-hydroxylation sites is 1. The summed E-state index contributed by atoms with van der Waals surface area (Å²) in [5.41, 5.74) is 1.81. The maximum Gasteiger partial charge on any atom is 0.227 e. The number of nitrogens with zero attached hydrogens (tertiary/aromatic N) is 3. The largest absolute Gasteiger partial charge is 0.493 e. The van der Waals surface area contributed by atoms with Crippen molar-refractivity contribution in [3.05, 3.63) is 42.5 Å². The van der Waals surface area contributed by atoms with Gasteiger partial charge in [0, 0.05) is 30.2 Å². The smallest absolute Gasteiger partial charge is 0.227 e. The monoisotopic (exact) mass is 350 g/mol. The first-order valence-corrected chi connectivity index (χ1v) is 8.79. The summed E-state index contributed by atoms with van der Waals surface area (Å²) in [6.45, 7) is 1.98. The Labute approximate surface area is 152 Å². The molecule has 0 amide bonds. The summed E-state index contributed by atoms with van der Waals surface area (Å²) in [7, 11) is 3.27. The molecule has 0 spiro atoms. The molecule has 0 unspecified atom stereocenters. The summed E-state index contributed by atoms with van der Waals surface area (Å²) in [6, 6.07) is 13.9. The Hall–Kier alpha value is -3.02. The summed E-state index contributed by atoms with van der Waals surface area (Å²) >= 11 is 0. The molecule has 1 saturated heterocycles. The molecule has 1 N–H and O–H groups in total. The second kappa shape index (κ2) is 7.07. The first-order chi connectivity index (χ1) is 12.8. The van der Waals surface area contributed by atoms with Crippen molar-refractivity contribution >= 4 is 28.4 Å². The van der Waals surface area contributed by atoms with Crippen molar-refractivity contribution in [2.45, 2.75) is 12.8 Å². The van der Waals surface area contributed by atoms with Crippen LogP contribution in [0.25, 0.3) is 10.9 Å². The molecule has 0 atom stereocenters. The topological polar surface area (TPSA) is 59.5 Å². The molecule has 1 fully saturated rings. The summed E-state index contributed by atoms with van der Waals surface area (Å²) in [6.07, 6.45) is 2.35. The lowest BCUT2D eigenvalue weighted by Crippen LogP contribution is -2.21. The first kappa shape index (κ1) is 16.4. The van der Waals surface area contributed by atoms with Crippen LogP contribution in [0.15, 0.2) is 42.5 Å². The van der Waals surface area contributed by atoms with E-state index < -0.39 is 0 Å². The third-order valence-corrected chi connectivity index (χ3v) is 4.61. The lowest BCUT2D eigenvalue weighted by molar-refractivity contribution is 0.356. The predicted molar refractivity (Wildman–Crippen MR) is 104 cm³/mol. The standard InChI is InChI=1S/C20H22N4O2/c1-25-17-12-15-16(13-18(17)26-2)22-20(24-10-6-7-11-24)23-19(15)21-14-8-4-3-5-9-14/h3-5,8-9,12-13H,6-7,10-11H2,1-2H3,(H,21,22,23). The lowest BCUT2D eigenvalue weighted by Gasteiger charge is -2.19. The third kappa shape index (κ3) is 3.10. The van der Waals surface area contributed by atoms with Gasteiger partial charge in [0.05, 0.1) is 19.7 Å². The number of methoxy groups -OCH3 is 2. The van der Waals surface area contributed by atoms with Crippen molar-refractivity contribution in [2.75, 3.05) is 37.5 Å². The van der Waals surface area contributed by atoms with E-state index in [2.05, 4.69) is 10.2 Å². The normalized spacial score (nSPS) is 13.8. The quantitative estimate of drug-likeness (QED) is 0.751. The number of anilines is 3. The minimum Gasteiger partial charge on any atom is -0.493 e. The third-order valence-electron chi connectivity index (χ3n) is 4.61. The molecule has 2 heterocycles. The van der Waals surface area contributed by atoms with Gasteiger partial charge >= 0.3 is 0 Å². The second-order valence-electron chi connectivity index (χ2n) is 6.28. The minimum atomic E-state index is 0.661. The van der Waals surface area contributed by atoms with Crippen LogP contribution in [-0.2, 0) is 0 Å². The van der Waals surface area contributed by atoms with Gasteiger partial charge in [-0.25, -0.2) is 4.98 Å². The van der Waals surface area contributed by atoms with Crippen LogP contribution in [-0.4, -0.2) is 37.3 Å². The van der Waals surface area contributed by atoms with Crippen molar-refractivity contribution in [3.8, 4) is 11.5 Å². The average Bonchev–Trinajstić information content (AvgIpc) is 3.22. The number of hydrogen-bond donors (Lipinski definition) is 1. The Morgan fingerprint density at radius 1 is 0.923 bits per heavy atom. The highest BCUT2D eigenvalue weighted by Gasteiger charge is 2.19. The van der Waals surface area contributed by atoms with Crippen molar-refractivity contribution in [2.24, 2.45) is 0 Å². The van der Waals surface area contributed by atoms with Crippen LogP contribution in [0.3, 0.4) is 0 Å². The molecule has 0 bridgehead atoms.